The molecule has 1 aromatic rings. The van der Waals surface area contributed by atoms with Gasteiger partial charge in [-0.3, -0.25) is 0 Å². The van der Waals surface area contributed by atoms with Gasteiger partial charge in [-0.2, -0.15) is 0 Å². The Morgan fingerprint density at radius 2 is 1.79 bits per heavy atom. The molecule has 2 heteroatoms. The van der Waals surface area contributed by atoms with Crippen LogP contribution in [0.1, 0.15) is 12.5 Å². The molecule has 1 rings (SSSR count). The molecule has 0 aliphatic carbocycles. The Kier molecular flexibility index (Phi) is 6.80. The Labute approximate surface area is 117 Å². The van der Waals surface area contributed by atoms with E-state index < -0.39 is 0 Å². The van der Waals surface area contributed by atoms with E-state index in [1.807, 2.05) is 31.2 Å². The summed E-state index contributed by atoms with van der Waals surface area (Å²) in [5.41, 5.74) is 2.57. The molecule has 0 aliphatic rings. The maximum absolute atomic E-state index is 5.74. The van der Waals surface area contributed by atoms with E-state index in [-0.39, 0.29) is 0 Å². The fourth-order valence-corrected chi connectivity index (χ4v) is 2.37. The molecule has 0 heterocycles. The first-order valence-electron chi connectivity index (χ1n) is 6.85. The summed E-state index contributed by atoms with van der Waals surface area (Å²) in [6.45, 7) is 14.7. The molecule has 0 saturated heterocycles. The number of ether oxygens (including phenoxy) is 1. The van der Waals surface area contributed by atoms with Crippen LogP contribution >= 0.6 is 0 Å². The third-order valence-corrected chi connectivity index (χ3v) is 3.16. The van der Waals surface area contributed by atoms with E-state index in [2.05, 4.69) is 31.9 Å². The molecule has 0 fully saturated rings. The van der Waals surface area contributed by atoms with Gasteiger partial charge >= 0.3 is 0 Å². The third kappa shape index (κ3) is 4.16. The van der Waals surface area contributed by atoms with Crippen molar-refractivity contribution < 1.29 is 4.74 Å². The minimum atomic E-state index is 0.422. The normalized spacial score (nSPS) is 9.74. The highest BCUT2D eigenvalue weighted by Crippen LogP contribution is 2.19. The molecular formula is C17H23BO. The fourth-order valence-electron chi connectivity index (χ4n) is 2.37. The summed E-state index contributed by atoms with van der Waals surface area (Å²) in [7, 11) is 0. The molecule has 0 N–H and O–H groups in total. The van der Waals surface area contributed by atoms with E-state index >= 15 is 0 Å². The summed E-state index contributed by atoms with van der Waals surface area (Å²) in [5, 5.41) is 0. The van der Waals surface area contributed by atoms with Gasteiger partial charge in [0.15, 0.2) is 6.71 Å². The average molecular weight is 254 g/mol. The van der Waals surface area contributed by atoms with E-state index in [9.17, 15) is 0 Å². The lowest BCUT2D eigenvalue weighted by Crippen LogP contribution is -2.32. The molecule has 1 nitrogen and oxygen atoms in total. The van der Waals surface area contributed by atoms with Crippen molar-refractivity contribution in [1.29, 1.82) is 0 Å². The molecule has 0 spiro atoms. The smallest absolute Gasteiger partial charge is 0.184 e. The monoisotopic (exact) mass is 254 g/mol. The van der Waals surface area contributed by atoms with Crippen LogP contribution < -0.4 is 10.2 Å². The second-order valence-corrected chi connectivity index (χ2v) is 4.50. The number of hydrogen-bond donors (Lipinski definition) is 0. The highest BCUT2D eigenvalue weighted by atomic mass is 16.5. The van der Waals surface area contributed by atoms with Crippen LogP contribution in [0.3, 0.4) is 0 Å². The quantitative estimate of drug-likeness (QED) is 0.480. The molecule has 0 amide bonds. The van der Waals surface area contributed by atoms with Crippen molar-refractivity contribution in [3.63, 3.8) is 0 Å². The minimum absolute atomic E-state index is 0.422. The predicted octanol–water partition coefficient (Wildman–Crippen LogP) is 3.89. The summed E-state index contributed by atoms with van der Waals surface area (Å²) in [6.07, 6.45) is 8.60. The minimum Gasteiger partial charge on any atom is -0.494 e. The molecule has 19 heavy (non-hydrogen) atoms. The van der Waals surface area contributed by atoms with Gasteiger partial charge < -0.3 is 4.74 Å². The van der Waals surface area contributed by atoms with Crippen LogP contribution in [-0.2, 0) is 6.42 Å². The van der Waals surface area contributed by atoms with E-state index in [0.717, 1.165) is 24.8 Å². The predicted molar refractivity (Wildman–Crippen MR) is 86.9 cm³/mol. The average Bonchev–Trinajstić information content (AvgIpc) is 2.41. The van der Waals surface area contributed by atoms with Gasteiger partial charge in [0.25, 0.3) is 0 Å². The Morgan fingerprint density at radius 3 is 2.32 bits per heavy atom. The van der Waals surface area contributed by atoms with Crippen molar-refractivity contribution in [2.24, 2.45) is 0 Å². The van der Waals surface area contributed by atoms with Gasteiger partial charge in [0, 0.05) is 0 Å². The van der Waals surface area contributed by atoms with Gasteiger partial charge in [0.1, 0.15) is 5.75 Å². The van der Waals surface area contributed by atoms with Crippen LogP contribution in [0.4, 0.5) is 0 Å². The summed E-state index contributed by atoms with van der Waals surface area (Å²) >= 11 is 0. The van der Waals surface area contributed by atoms with Gasteiger partial charge in [-0.15, -0.1) is 19.7 Å². The van der Waals surface area contributed by atoms with Crippen LogP contribution in [0.2, 0.25) is 12.6 Å². The zero-order valence-electron chi connectivity index (χ0n) is 11.9. The Balaban J connectivity index is 3.21. The molecule has 0 saturated carbocycles. The highest BCUT2D eigenvalue weighted by Gasteiger charge is 2.18. The lowest BCUT2D eigenvalue weighted by atomic mass is 9.40. The van der Waals surface area contributed by atoms with Crippen LogP contribution in [-0.4, -0.2) is 13.3 Å². The van der Waals surface area contributed by atoms with Crippen molar-refractivity contribution in [3.05, 3.63) is 61.7 Å². The first kappa shape index (κ1) is 15.4. The van der Waals surface area contributed by atoms with Crippen molar-refractivity contribution in [2.75, 3.05) is 6.61 Å². The largest absolute Gasteiger partial charge is 0.494 e. The Bertz CT molecular complexity index is 427. The van der Waals surface area contributed by atoms with Gasteiger partial charge in [-0.05, 0) is 25.0 Å². The van der Waals surface area contributed by atoms with Crippen molar-refractivity contribution in [3.8, 4) is 5.75 Å². The molecule has 1 aromatic carbocycles. The second kappa shape index (κ2) is 8.41. The van der Waals surface area contributed by atoms with E-state index in [0.29, 0.717) is 13.3 Å². The molecule has 0 radical (unpaired) electrons. The van der Waals surface area contributed by atoms with E-state index in [1.54, 1.807) is 0 Å². The number of rotatable bonds is 9. The topological polar surface area (TPSA) is 9.23 Å². The molecule has 0 atom stereocenters. The van der Waals surface area contributed by atoms with E-state index in [4.69, 9.17) is 4.74 Å². The van der Waals surface area contributed by atoms with Crippen LogP contribution in [0.25, 0.3) is 0 Å². The van der Waals surface area contributed by atoms with Crippen LogP contribution in [0.15, 0.2) is 56.2 Å². The molecule has 0 bridgehead atoms. The number of hydrogen-bond acceptors (Lipinski definition) is 1. The molecule has 0 aromatic heterocycles. The van der Waals surface area contributed by atoms with Gasteiger partial charge in [-0.25, -0.2) is 0 Å². The number of benzene rings is 1. The zero-order valence-corrected chi connectivity index (χ0v) is 11.9. The van der Waals surface area contributed by atoms with Crippen LogP contribution in [0, 0.1) is 0 Å². The zero-order chi connectivity index (χ0) is 14.1. The summed E-state index contributed by atoms with van der Waals surface area (Å²) < 4.78 is 5.74. The molecule has 0 unspecified atom stereocenters. The standard InChI is InChI=1S/C17H23BO/c1-5-10-15-16(18(13-6-2)14-7-3)11-9-12-17(15)19-8-4/h5-7,9,11-12H,1-3,8,10,13-14H2,4H3. The molecule has 100 valence electrons. The Hall–Kier alpha value is -1.70. The fraction of sp³-hybridized carbons (Fsp3) is 0.294. The summed E-state index contributed by atoms with van der Waals surface area (Å²) in [4.78, 5) is 0. The van der Waals surface area contributed by atoms with Crippen molar-refractivity contribution in [2.45, 2.75) is 26.0 Å². The van der Waals surface area contributed by atoms with Crippen molar-refractivity contribution in [1.82, 2.24) is 0 Å². The molecular weight excluding hydrogens is 231 g/mol. The lowest BCUT2D eigenvalue weighted by Gasteiger charge is -2.18. The summed E-state index contributed by atoms with van der Waals surface area (Å²) in [5.74, 6) is 0.970. The van der Waals surface area contributed by atoms with Gasteiger partial charge in [0.05, 0.1) is 6.61 Å². The SMILES string of the molecule is C=CCB(CC=C)c1cccc(OCC)c1CC=C. The number of allylic oxidation sites excluding steroid dienone is 3. The maximum Gasteiger partial charge on any atom is 0.184 e. The van der Waals surface area contributed by atoms with Crippen molar-refractivity contribution >= 4 is 12.2 Å². The maximum atomic E-state index is 5.74. The molecule has 0 aliphatic heterocycles. The summed E-state index contributed by atoms with van der Waals surface area (Å²) in [6, 6.07) is 6.27. The van der Waals surface area contributed by atoms with Gasteiger partial charge in [0.2, 0.25) is 0 Å². The Morgan fingerprint density at radius 1 is 1.11 bits per heavy atom. The van der Waals surface area contributed by atoms with E-state index in [1.165, 1.54) is 11.0 Å². The first-order valence-corrected chi connectivity index (χ1v) is 6.85. The second-order valence-electron chi connectivity index (χ2n) is 4.50. The first-order chi connectivity index (χ1) is 9.28. The highest BCUT2D eigenvalue weighted by molar-refractivity contribution is 6.74. The van der Waals surface area contributed by atoms with Gasteiger partial charge in [-0.1, -0.05) is 48.5 Å². The third-order valence-electron chi connectivity index (χ3n) is 3.16. The van der Waals surface area contributed by atoms with Crippen LogP contribution in [0.5, 0.6) is 5.75 Å². The lowest BCUT2D eigenvalue weighted by molar-refractivity contribution is 0.337.